The second-order valence-electron chi connectivity index (χ2n) is 5.10. The smallest absolute Gasteiger partial charge is 0.285 e. The van der Waals surface area contributed by atoms with Crippen LogP contribution in [-0.2, 0) is 6.54 Å². The summed E-state index contributed by atoms with van der Waals surface area (Å²) < 4.78 is 0. The molecule has 0 aliphatic heterocycles. The van der Waals surface area contributed by atoms with Crippen LogP contribution in [0.2, 0.25) is 0 Å². The first kappa shape index (κ1) is 15.6. The molecule has 0 atom stereocenters. The third-order valence-corrected chi connectivity index (χ3v) is 3.41. The Morgan fingerprint density at radius 2 is 1.62 bits per heavy atom. The molecule has 120 valence electrons. The van der Waals surface area contributed by atoms with Gasteiger partial charge in [0.05, 0.1) is 5.56 Å². The maximum atomic E-state index is 12.4. The molecule has 2 N–H and O–H groups in total. The Balaban J connectivity index is 1.65. The van der Waals surface area contributed by atoms with Crippen LogP contribution in [0.4, 0.5) is 5.69 Å². The molecular weight excluding hydrogens is 302 g/mol. The predicted molar refractivity (Wildman–Crippen MR) is 92.5 cm³/mol. The molecule has 0 saturated carbocycles. The highest BCUT2D eigenvalue weighted by Crippen LogP contribution is 2.16. The molecule has 2 aromatic carbocycles. The van der Waals surface area contributed by atoms with Crippen molar-refractivity contribution in [1.29, 1.82) is 0 Å². The van der Waals surface area contributed by atoms with E-state index in [1.807, 2.05) is 48.5 Å². The first-order valence-electron chi connectivity index (χ1n) is 7.57. The molecule has 0 fully saturated rings. The van der Waals surface area contributed by atoms with Gasteiger partial charge in [0.25, 0.3) is 5.91 Å². The zero-order valence-corrected chi connectivity index (χ0v) is 13.0. The van der Waals surface area contributed by atoms with Crippen molar-refractivity contribution in [1.82, 2.24) is 10.5 Å². The van der Waals surface area contributed by atoms with Crippen LogP contribution >= 0.6 is 0 Å². The number of pyridine rings is 1. The Kier molecular flexibility index (Phi) is 5.04. The topological polar surface area (TPSA) is 63.2 Å². The Morgan fingerprint density at radius 3 is 2.42 bits per heavy atom. The number of amides is 1. The summed E-state index contributed by atoms with van der Waals surface area (Å²) >= 11 is 0. The number of carbonyl (C=O) groups excluding carboxylic acids is 1. The number of para-hydroxylation sites is 2. The van der Waals surface area contributed by atoms with Gasteiger partial charge in [0.15, 0.2) is 5.75 Å². The highest BCUT2D eigenvalue weighted by atomic mass is 16.7. The van der Waals surface area contributed by atoms with Gasteiger partial charge in [0.1, 0.15) is 0 Å². The zero-order valence-electron chi connectivity index (χ0n) is 13.0. The van der Waals surface area contributed by atoms with Gasteiger partial charge in [-0.3, -0.25) is 9.78 Å². The van der Waals surface area contributed by atoms with Gasteiger partial charge in [0.2, 0.25) is 0 Å². The average Bonchev–Trinajstić information content (AvgIpc) is 2.66. The molecule has 0 saturated heterocycles. The number of nitrogens with one attached hydrogen (secondary N) is 2. The highest BCUT2D eigenvalue weighted by Gasteiger charge is 2.11. The minimum absolute atomic E-state index is 0.309. The minimum Gasteiger partial charge on any atom is -0.380 e. The largest absolute Gasteiger partial charge is 0.380 e. The number of aromatic nitrogens is 1. The van der Waals surface area contributed by atoms with Gasteiger partial charge >= 0.3 is 0 Å². The molecule has 1 amide bonds. The van der Waals surface area contributed by atoms with E-state index in [0.717, 1.165) is 11.3 Å². The monoisotopic (exact) mass is 319 g/mol. The third kappa shape index (κ3) is 4.10. The van der Waals surface area contributed by atoms with Crippen LogP contribution in [0.15, 0.2) is 79.1 Å². The number of hydrogen-bond acceptors (Lipinski definition) is 4. The lowest BCUT2D eigenvalue weighted by Crippen LogP contribution is -2.27. The number of hydrogen-bond donors (Lipinski definition) is 2. The predicted octanol–water partition coefficient (Wildman–Crippen LogP) is 3.42. The molecule has 0 radical (unpaired) electrons. The van der Waals surface area contributed by atoms with Crippen molar-refractivity contribution in [2.75, 3.05) is 5.32 Å². The maximum absolute atomic E-state index is 12.4. The van der Waals surface area contributed by atoms with Gasteiger partial charge in [-0.15, -0.1) is 0 Å². The lowest BCUT2D eigenvalue weighted by Gasteiger charge is -2.12. The second-order valence-corrected chi connectivity index (χ2v) is 5.10. The third-order valence-electron chi connectivity index (χ3n) is 3.41. The minimum atomic E-state index is -0.309. The molecule has 5 nitrogen and oxygen atoms in total. The van der Waals surface area contributed by atoms with Crippen molar-refractivity contribution in [2.45, 2.75) is 6.54 Å². The zero-order chi connectivity index (χ0) is 16.6. The van der Waals surface area contributed by atoms with Gasteiger partial charge in [-0.1, -0.05) is 30.3 Å². The lowest BCUT2D eigenvalue weighted by atomic mass is 10.1. The van der Waals surface area contributed by atoms with Crippen LogP contribution < -0.4 is 15.6 Å². The van der Waals surface area contributed by atoms with E-state index >= 15 is 0 Å². The fourth-order valence-corrected chi connectivity index (χ4v) is 2.18. The first-order valence-corrected chi connectivity index (χ1v) is 7.57. The summed E-state index contributed by atoms with van der Waals surface area (Å²) in [6.45, 7) is 0.604. The van der Waals surface area contributed by atoms with Crippen LogP contribution in [0, 0.1) is 0 Å². The molecule has 3 aromatic rings. The molecule has 0 bridgehead atoms. The van der Waals surface area contributed by atoms with E-state index in [2.05, 4.69) is 15.8 Å². The van der Waals surface area contributed by atoms with E-state index in [1.165, 1.54) is 0 Å². The summed E-state index contributed by atoms with van der Waals surface area (Å²) in [7, 11) is 0. The molecule has 1 aromatic heterocycles. The molecule has 3 rings (SSSR count). The summed E-state index contributed by atoms with van der Waals surface area (Å²) in [6, 6.07) is 20.3. The van der Waals surface area contributed by atoms with E-state index in [9.17, 15) is 4.79 Å². The van der Waals surface area contributed by atoms with E-state index in [4.69, 9.17) is 4.84 Å². The number of rotatable bonds is 6. The lowest BCUT2D eigenvalue weighted by molar-refractivity contribution is 0.0761. The van der Waals surface area contributed by atoms with Crippen molar-refractivity contribution in [3.63, 3.8) is 0 Å². The van der Waals surface area contributed by atoms with Crippen molar-refractivity contribution in [2.24, 2.45) is 0 Å². The van der Waals surface area contributed by atoms with Crippen LogP contribution in [0.3, 0.4) is 0 Å². The van der Waals surface area contributed by atoms with Crippen molar-refractivity contribution < 1.29 is 9.63 Å². The fraction of sp³-hybridized carbons (Fsp3) is 0.0526. The molecular formula is C19H17N3O2. The molecule has 1 heterocycles. The Morgan fingerprint density at radius 1 is 0.917 bits per heavy atom. The van der Waals surface area contributed by atoms with Gasteiger partial charge in [-0.2, -0.15) is 5.48 Å². The number of carbonyl (C=O) groups is 1. The molecule has 0 spiro atoms. The number of anilines is 1. The fourth-order valence-electron chi connectivity index (χ4n) is 2.18. The van der Waals surface area contributed by atoms with E-state index in [0.29, 0.717) is 17.9 Å². The van der Waals surface area contributed by atoms with Gasteiger partial charge in [-0.25, -0.2) is 0 Å². The average molecular weight is 319 g/mol. The Bertz CT molecular complexity index is 792. The summed E-state index contributed by atoms with van der Waals surface area (Å²) in [5.41, 5.74) is 4.80. The highest BCUT2D eigenvalue weighted by molar-refractivity contribution is 5.99. The quantitative estimate of drug-likeness (QED) is 0.683. The SMILES string of the molecule is O=C(NOc1ccccc1)c1ccccc1NCc1ccncc1. The van der Waals surface area contributed by atoms with E-state index < -0.39 is 0 Å². The van der Waals surface area contributed by atoms with Crippen LogP contribution in [0.25, 0.3) is 0 Å². The first-order chi connectivity index (χ1) is 11.8. The van der Waals surface area contributed by atoms with Crippen LogP contribution in [0.5, 0.6) is 5.75 Å². The van der Waals surface area contributed by atoms with Crippen molar-refractivity contribution in [3.05, 3.63) is 90.3 Å². The Labute approximate surface area is 140 Å². The Hall–Kier alpha value is -3.34. The number of nitrogens with zero attached hydrogens (tertiary/aromatic N) is 1. The standard InChI is InChI=1S/C19H17N3O2/c23-19(22-24-16-6-2-1-3-7-16)17-8-4-5-9-18(17)21-14-15-10-12-20-13-11-15/h1-13,21H,14H2,(H,22,23). The van der Waals surface area contributed by atoms with Crippen molar-refractivity contribution >= 4 is 11.6 Å². The second kappa shape index (κ2) is 7.78. The van der Waals surface area contributed by atoms with Gasteiger partial charge < -0.3 is 10.2 Å². The van der Waals surface area contributed by atoms with Crippen molar-refractivity contribution in [3.8, 4) is 5.75 Å². The number of hydroxylamine groups is 1. The van der Waals surface area contributed by atoms with Gasteiger partial charge in [0, 0.05) is 24.6 Å². The molecule has 0 aliphatic carbocycles. The summed E-state index contributed by atoms with van der Waals surface area (Å²) in [5.74, 6) is 0.268. The molecule has 0 unspecified atom stereocenters. The van der Waals surface area contributed by atoms with E-state index in [-0.39, 0.29) is 5.91 Å². The molecule has 5 heteroatoms. The molecule has 0 aliphatic rings. The number of benzene rings is 2. The normalized spacial score (nSPS) is 10.0. The van der Waals surface area contributed by atoms with Crippen LogP contribution in [0.1, 0.15) is 15.9 Å². The maximum Gasteiger partial charge on any atom is 0.285 e. The summed E-state index contributed by atoms with van der Waals surface area (Å²) in [5, 5.41) is 3.26. The summed E-state index contributed by atoms with van der Waals surface area (Å²) in [6.07, 6.45) is 3.48. The van der Waals surface area contributed by atoms with Crippen LogP contribution in [-0.4, -0.2) is 10.9 Å². The molecule has 24 heavy (non-hydrogen) atoms. The van der Waals surface area contributed by atoms with E-state index in [1.54, 1.807) is 30.6 Å². The van der Waals surface area contributed by atoms with Gasteiger partial charge in [-0.05, 0) is 42.0 Å². The summed E-state index contributed by atoms with van der Waals surface area (Å²) in [4.78, 5) is 21.7.